The smallest absolute Gasteiger partial charge is 0.253 e. The molecular weight excluding hydrogens is 260 g/mol. The lowest BCUT2D eigenvalue weighted by atomic mass is 10.1. The lowest BCUT2D eigenvalue weighted by molar-refractivity contribution is -0.112. The zero-order chi connectivity index (χ0) is 14.5. The third kappa shape index (κ3) is 3.20. The van der Waals surface area contributed by atoms with E-state index in [0.29, 0.717) is 6.54 Å². The van der Waals surface area contributed by atoms with Gasteiger partial charge in [-0.15, -0.1) is 0 Å². The van der Waals surface area contributed by atoms with E-state index in [1.165, 1.54) is 0 Å². The summed E-state index contributed by atoms with van der Waals surface area (Å²) in [5.74, 6) is -0.0634. The van der Waals surface area contributed by atoms with E-state index in [4.69, 9.17) is 0 Å². The van der Waals surface area contributed by atoms with Crippen LogP contribution >= 0.6 is 0 Å². The Morgan fingerprint density at radius 3 is 2.33 bits per heavy atom. The second-order valence-corrected chi connectivity index (χ2v) is 4.82. The van der Waals surface area contributed by atoms with Gasteiger partial charge in [0.05, 0.1) is 6.54 Å². The van der Waals surface area contributed by atoms with Gasteiger partial charge in [-0.3, -0.25) is 4.79 Å². The Balaban J connectivity index is 1.71. The highest BCUT2D eigenvalue weighted by Crippen LogP contribution is 2.19. The molecule has 3 rings (SSSR count). The summed E-state index contributed by atoms with van der Waals surface area (Å²) < 4.78 is 0. The molecule has 0 saturated carbocycles. The fourth-order valence-electron chi connectivity index (χ4n) is 2.23. The number of nitrogens with zero attached hydrogens (tertiary/aromatic N) is 1. The molecule has 1 N–H and O–H groups in total. The van der Waals surface area contributed by atoms with Crippen molar-refractivity contribution in [2.45, 2.75) is 0 Å². The molecule has 0 bridgehead atoms. The highest BCUT2D eigenvalue weighted by Gasteiger charge is 2.15. The Labute approximate surface area is 124 Å². The summed E-state index contributed by atoms with van der Waals surface area (Å²) in [6.07, 6.45) is 5.74. The van der Waals surface area contributed by atoms with Gasteiger partial charge in [-0.2, -0.15) is 0 Å². The second-order valence-electron chi connectivity index (χ2n) is 4.82. The molecule has 1 amide bonds. The largest absolute Gasteiger partial charge is 0.343 e. The van der Waals surface area contributed by atoms with E-state index in [0.717, 1.165) is 16.9 Å². The molecule has 3 heteroatoms. The van der Waals surface area contributed by atoms with Crippen LogP contribution in [0.3, 0.4) is 0 Å². The molecule has 0 spiro atoms. The first-order chi connectivity index (χ1) is 10.3. The molecule has 0 radical (unpaired) electrons. The summed E-state index contributed by atoms with van der Waals surface area (Å²) in [5.41, 5.74) is 2.63. The third-order valence-electron chi connectivity index (χ3n) is 3.32. The predicted molar refractivity (Wildman–Crippen MR) is 86.1 cm³/mol. The van der Waals surface area contributed by atoms with Crippen molar-refractivity contribution in [3.8, 4) is 0 Å². The molecule has 1 heterocycles. The van der Waals surface area contributed by atoms with Crippen LogP contribution in [0.5, 0.6) is 0 Å². The van der Waals surface area contributed by atoms with Gasteiger partial charge in [0.1, 0.15) is 0 Å². The lowest BCUT2D eigenvalue weighted by Crippen LogP contribution is -2.27. The molecule has 0 fully saturated rings. The number of amides is 1. The lowest BCUT2D eigenvalue weighted by Gasteiger charge is -2.24. The first-order valence-electron chi connectivity index (χ1n) is 6.88. The number of carbonyl (C=O) groups is 1. The quantitative estimate of drug-likeness (QED) is 0.929. The Kier molecular flexibility index (Phi) is 3.83. The summed E-state index contributed by atoms with van der Waals surface area (Å²) in [6.45, 7) is 0.569. The van der Waals surface area contributed by atoms with Crippen LogP contribution in [0.15, 0.2) is 84.6 Å². The van der Waals surface area contributed by atoms with Crippen molar-refractivity contribution in [2.75, 3.05) is 16.8 Å². The first-order valence-corrected chi connectivity index (χ1v) is 6.88. The van der Waals surface area contributed by atoms with E-state index in [2.05, 4.69) is 10.2 Å². The van der Waals surface area contributed by atoms with Crippen LogP contribution < -0.4 is 10.2 Å². The maximum Gasteiger partial charge on any atom is 0.253 e. The number of benzene rings is 2. The summed E-state index contributed by atoms with van der Waals surface area (Å²) in [5, 5.41) is 2.92. The Morgan fingerprint density at radius 2 is 1.62 bits per heavy atom. The standard InChI is InChI=1S/C18H16N2O/c21-18(19-16-9-3-1-4-10-16)15-8-7-13-20(14-15)17-11-5-2-6-12-17/h1-13H,14H2,(H,19,21). The molecule has 0 saturated heterocycles. The molecule has 0 unspecified atom stereocenters. The fraction of sp³-hybridized carbons (Fsp3) is 0.0556. The van der Waals surface area contributed by atoms with Crippen LogP contribution in [-0.2, 0) is 4.79 Å². The van der Waals surface area contributed by atoms with Crippen LogP contribution in [0.25, 0.3) is 0 Å². The molecule has 104 valence electrons. The van der Waals surface area contributed by atoms with Gasteiger partial charge in [0.15, 0.2) is 0 Å². The number of anilines is 2. The van der Waals surface area contributed by atoms with Gasteiger partial charge in [0.2, 0.25) is 0 Å². The number of hydrogen-bond donors (Lipinski definition) is 1. The molecule has 0 atom stereocenters. The van der Waals surface area contributed by atoms with Gasteiger partial charge in [0, 0.05) is 23.1 Å². The van der Waals surface area contributed by atoms with E-state index in [-0.39, 0.29) is 5.91 Å². The average Bonchev–Trinajstić information content (AvgIpc) is 2.57. The van der Waals surface area contributed by atoms with Crippen molar-refractivity contribution in [3.63, 3.8) is 0 Å². The second kappa shape index (κ2) is 6.09. The SMILES string of the molecule is O=C(Nc1ccccc1)C1=CC=CN(c2ccccc2)C1. The summed E-state index contributed by atoms with van der Waals surface area (Å²) in [7, 11) is 0. The van der Waals surface area contributed by atoms with Gasteiger partial charge in [-0.05, 0) is 30.3 Å². The van der Waals surface area contributed by atoms with Crippen LogP contribution in [0, 0.1) is 0 Å². The first kappa shape index (κ1) is 13.2. The zero-order valence-corrected chi connectivity index (χ0v) is 11.6. The maximum atomic E-state index is 12.3. The molecular formula is C18H16N2O. The van der Waals surface area contributed by atoms with Gasteiger partial charge < -0.3 is 10.2 Å². The Bertz CT molecular complexity index is 675. The molecule has 2 aromatic carbocycles. The molecule has 1 aliphatic rings. The number of carbonyl (C=O) groups excluding carboxylic acids is 1. The average molecular weight is 276 g/mol. The third-order valence-corrected chi connectivity index (χ3v) is 3.32. The van der Waals surface area contributed by atoms with Crippen molar-refractivity contribution in [1.29, 1.82) is 0 Å². The van der Waals surface area contributed by atoms with Crippen molar-refractivity contribution in [2.24, 2.45) is 0 Å². The minimum absolute atomic E-state index is 0.0634. The van der Waals surface area contributed by atoms with Gasteiger partial charge in [-0.25, -0.2) is 0 Å². The van der Waals surface area contributed by atoms with Gasteiger partial charge >= 0.3 is 0 Å². The van der Waals surface area contributed by atoms with E-state index in [9.17, 15) is 4.79 Å². The monoisotopic (exact) mass is 276 g/mol. The molecule has 1 aliphatic heterocycles. The minimum atomic E-state index is -0.0634. The Hall–Kier alpha value is -2.81. The Morgan fingerprint density at radius 1 is 0.952 bits per heavy atom. The van der Waals surface area contributed by atoms with Crippen LogP contribution in [0.4, 0.5) is 11.4 Å². The number of nitrogens with one attached hydrogen (secondary N) is 1. The summed E-state index contributed by atoms with van der Waals surface area (Å²) in [6, 6.07) is 19.5. The molecule has 0 aromatic heterocycles. The zero-order valence-electron chi connectivity index (χ0n) is 11.6. The maximum absolute atomic E-state index is 12.3. The van der Waals surface area contributed by atoms with Crippen molar-refractivity contribution < 1.29 is 4.79 Å². The normalized spacial score (nSPS) is 13.7. The number of para-hydroxylation sites is 2. The number of allylic oxidation sites excluding steroid dienone is 2. The van der Waals surface area contributed by atoms with Crippen LogP contribution in [0.1, 0.15) is 0 Å². The van der Waals surface area contributed by atoms with Crippen molar-refractivity contribution in [3.05, 3.63) is 84.6 Å². The summed E-state index contributed by atoms with van der Waals surface area (Å²) >= 11 is 0. The number of hydrogen-bond acceptors (Lipinski definition) is 2. The van der Waals surface area contributed by atoms with Crippen LogP contribution in [0.2, 0.25) is 0 Å². The molecule has 2 aromatic rings. The van der Waals surface area contributed by atoms with Crippen molar-refractivity contribution >= 4 is 17.3 Å². The van der Waals surface area contributed by atoms with E-state index in [1.807, 2.05) is 79.0 Å². The molecule has 21 heavy (non-hydrogen) atoms. The summed E-state index contributed by atoms with van der Waals surface area (Å²) in [4.78, 5) is 14.4. The van der Waals surface area contributed by atoms with Crippen LogP contribution in [-0.4, -0.2) is 12.5 Å². The minimum Gasteiger partial charge on any atom is -0.343 e. The predicted octanol–water partition coefficient (Wildman–Crippen LogP) is 3.59. The topological polar surface area (TPSA) is 32.3 Å². The van der Waals surface area contributed by atoms with Gasteiger partial charge in [0.25, 0.3) is 5.91 Å². The van der Waals surface area contributed by atoms with Gasteiger partial charge in [-0.1, -0.05) is 42.5 Å². The highest BCUT2D eigenvalue weighted by molar-refractivity contribution is 6.04. The number of rotatable bonds is 3. The molecule has 0 aliphatic carbocycles. The van der Waals surface area contributed by atoms with Crippen molar-refractivity contribution in [1.82, 2.24) is 0 Å². The van der Waals surface area contributed by atoms with E-state index < -0.39 is 0 Å². The van der Waals surface area contributed by atoms with E-state index >= 15 is 0 Å². The fourth-order valence-corrected chi connectivity index (χ4v) is 2.23. The van der Waals surface area contributed by atoms with E-state index in [1.54, 1.807) is 0 Å². The molecule has 3 nitrogen and oxygen atoms in total. The highest BCUT2D eigenvalue weighted by atomic mass is 16.1.